The lowest BCUT2D eigenvalue weighted by Gasteiger charge is -2.30. The summed E-state index contributed by atoms with van der Waals surface area (Å²) in [6, 6.07) is 5.91. The molecule has 2 aliphatic carbocycles. The fourth-order valence-electron chi connectivity index (χ4n) is 5.22. The Hall–Kier alpha value is -3.03. The molecular weight excluding hydrogens is 442 g/mol. The molecule has 35 heavy (non-hydrogen) atoms. The summed E-state index contributed by atoms with van der Waals surface area (Å²) in [4.78, 5) is 24.4. The maximum atomic E-state index is 12.6. The van der Waals surface area contributed by atoms with E-state index in [-0.39, 0.29) is 12.3 Å². The maximum absolute atomic E-state index is 12.6. The predicted molar refractivity (Wildman–Crippen MR) is 139 cm³/mol. The number of carbonyl (C=O) groups excluding carboxylic acids is 1. The van der Waals surface area contributed by atoms with Gasteiger partial charge in [-0.3, -0.25) is 4.79 Å². The van der Waals surface area contributed by atoms with Crippen molar-refractivity contribution >= 4 is 17.7 Å². The number of rotatable bonds is 9. The molecule has 190 valence electrons. The zero-order valence-electron chi connectivity index (χ0n) is 21.5. The van der Waals surface area contributed by atoms with E-state index in [2.05, 4.69) is 29.6 Å². The van der Waals surface area contributed by atoms with Crippen molar-refractivity contribution in [2.24, 2.45) is 5.92 Å². The zero-order chi connectivity index (χ0) is 24.8. The average molecular weight is 482 g/mol. The molecule has 1 aromatic carbocycles. The second-order valence-corrected chi connectivity index (χ2v) is 9.92. The quantitative estimate of drug-likeness (QED) is 0.564. The number of hydrogen-bond donors (Lipinski definition) is 2. The molecular formula is C27H39N5O3. The summed E-state index contributed by atoms with van der Waals surface area (Å²) in [6.07, 6.45) is 9.09. The van der Waals surface area contributed by atoms with Crippen molar-refractivity contribution in [3.8, 4) is 11.5 Å². The summed E-state index contributed by atoms with van der Waals surface area (Å²) in [5.74, 6) is 3.75. The van der Waals surface area contributed by atoms with Gasteiger partial charge in [0, 0.05) is 37.8 Å². The number of benzene rings is 1. The molecule has 0 spiro atoms. The van der Waals surface area contributed by atoms with Gasteiger partial charge in [-0.05, 0) is 75.5 Å². The summed E-state index contributed by atoms with van der Waals surface area (Å²) in [5, 5.41) is 6.73. The van der Waals surface area contributed by atoms with E-state index in [0.29, 0.717) is 24.3 Å². The predicted octanol–water partition coefficient (Wildman–Crippen LogP) is 3.77. The molecule has 1 aromatic heterocycles. The van der Waals surface area contributed by atoms with Gasteiger partial charge in [0.1, 0.15) is 17.3 Å². The van der Waals surface area contributed by atoms with Crippen LogP contribution in [0, 0.1) is 5.92 Å². The molecule has 8 heteroatoms. The van der Waals surface area contributed by atoms with Crippen molar-refractivity contribution in [3.63, 3.8) is 0 Å². The molecule has 2 aromatic rings. The van der Waals surface area contributed by atoms with E-state index in [4.69, 9.17) is 19.4 Å². The molecule has 1 saturated carbocycles. The Kier molecular flexibility index (Phi) is 8.31. The Morgan fingerprint density at radius 2 is 1.83 bits per heavy atom. The third-order valence-corrected chi connectivity index (χ3v) is 7.19. The Balaban J connectivity index is 1.26. The first-order valence-electron chi connectivity index (χ1n) is 12.8. The van der Waals surface area contributed by atoms with Crippen LogP contribution in [0.15, 0.2) is 18.2 Å². The Morgan fingerprint density at radius 1 is 1.06 bits per heavy atom. The highest BCUT2D eigenvalue weighted by Gasteiger charge is 2.24. The number of carbonyl (C=O) groups is 1. The van der Waals surface area contributed by atoms with E-state index in [1.165, 1.54) is 24.1 Å². The highest BCUT2D eigenvalue weighted by atomic mass is 16.5. The third-order valence-electron chi connectivity index (χ3n) is 7.19. The lowest BCUT2D eigenvalue weighted by Crippen LogP contribution is -2.35. The van der Waals surface area contributed by atoms with Crippen LogP contribution in [-0.4, -0.2) is 56.8 Å². The van der Waals surface area contributed by atoms with Crippen LogP contribution in [0.5, 0.6) is 11.5 Å². The topological polar surface area (TPSA) is 88.6 Å². The van der Waals surface area contributed by atoms with E-state index >= 15 is 0 Å². The first-order chi connectivity index (χ1) is 17.0. The second-order valence-electron chi connectivity index (χ2n) is 9.92. The number of ether oxygens (including phenoxy) is 2. The van der Waals surface area contributed by atoms with Crippen molar-refractivity contribution in [1.29, 1.82) is 0 Å². The number of fused-ring (bicyclic) bond motifs is 1. The van der Waals surface area contributed by atoms with Gasteiger partial charge < -0.3 is 25.0 Å². The molecule has 1 amide bonds. The molecule has 1 heterocycles. The fourth-order valence-corrected chi connectivity index (χ4v) is 5.22. The van der Waals surface area contributed by atoms with Gasteiger partial charge in [0.15, 0.2) is 0 Å². The molecule has 0 radical (unpaired) electrons. The number of amides is 1. The molecule has 0 unspecified atom stereocenters. The number of aryl methyl sites for hydroxylation is 1. The van der Waals surface area contributed by atoms with Crippen LogP contribution in [0.1, 0.15) is 55.3 Å². The zero-order valence-corrected chi connectivity index (χ0v) is 21.5. The minimum atomic E-state index is 0.00970. The van der Waals surface area contributed by atoms with Gasteiger partial charge >= 0.3 is 0 Å². The molecule has 1 fully saturated rings. The third kappa shape index (κ3) is 6.35. The largest absolute Gasteiger partial charge is 0.497 e. The van der Waals surface area contributed by atoms with Gasteiger partial charge in [0.2, 0.25) is 11.9 Å². The van der Waals surface area contributed by atoms with Crippen LogP contribution >= 0.6 is 0 Å². The summed E-state index contributed by atoms with van der Waals surface area (Å²) < 4.78 is 10.7. The fraction of sp³-hybridized carbons (Fsp3) is 0.593. The Bertz CT molecular complexity index is 1020. The van der Waals surface area contributed by atoms with Crippen LogP contribution in [0.4, 0.5) is 11.8 Å². The Morgan fingerprint density at radius 3 is 2.54 bits per heavy atom. The summed E-state index contributed by atoms with van der Waals surface area (Å²) in [5.41, 5.74) is 3.36. The molecule has 0 bridgehead atoms. The van der Waals surface area contributed by atoms with E-state index < -0.39 is 0 Å². The van der Waals surface area contributed by atoms with Crippen LogP contribution < -0.4 is 25.0 Å². The van der Waals surface area contributed by atoms with Crippen molar-refractivity contribution < 1.29 is 14.3 Å². The van der Waals surface area contributed by atoms with Crippen molar-refractivity contribution in [3.05, 3.63) is 35.0 Å². The number of nitrogens with zero attached hydrogens (tertiary/aromatic N) is 3. The minimum absolute atomic E-state index is 0.00970. The van der Waals surface area contributed by atoms with Gasteiger partial charge in [0.25, 0.3) is 0 Å². The number of hydrogen-bond acceptors (Lipinski definition) is 7. The summed E-state index contributed by atoms with van der Waals surface area (Å²) in [7, 11) is 7.36. The van der Waals surface area contributed by atoms with Crippen molar-refractivity contribution in [2.75, 3.05) is 45.1 Å². The van der Waals surface area contributed by atoms with Gasteiger partial charge in [-0.2, -0.15) is 4.98 Å². The van der Waals surface area contributed by atoms with Crippen LogP contribution in [0.3, 0.4) is 0 Å². The number of methoxy groups -OCH3 is 2. The molecule has 2 N–H and O–H groups in total. The highest BCUT2D eigenvalue weighted by Crippen LogP contribution is 2.30. The molecule has 8 nitrogen and oxygen atoms in total. The van der Waals surface area contributed by atoms with Crippen LogP contribution in [-0.2, 0) is 24.1 Å². The van der Waals surface area contributed by atoms with Crippen LogP contribution in [0.2, 0.25) is 0 Å². The lowest BCUT2D eigenvalue weighted by atomic mass is 9.86. The van der Waals surface area contributed by atoms with Crippen molar-refractivity contribution in [2.45, 2.75) is 63.8 Å². The molecule has 0 saturated heterocycles. The second kappa shape index (κ2) is 11.6. The normalized spacial score (nSPS) is 19.4. The highest BCUT2D eigenvalue weighted by molar-refractivity contribution is 5.79. The number of aromatic nitrogens is 2. The van der Waals surface area contributed by atoms with Gasteiger partial charge in [-0.15, -0.1) is 0 Å². The Labute approximate surface area is 208 Å². The average Bonchev–Trinajstić information content (AvgIpc) is 2.87. The monoisotopic (exact) mass is 481 g/mol. The first kappa shape index (κ1) is 25.1. The van der Waals surface area contributed by atoms with Gasteiger partial charge in [-0.25, -0.2) is 4.98 Å². The SMILES string of the molecule is COc1ccc(OC)c(CC(=O)NCC2CCC(Nc3nc4c(c(N(C)C)n3)CCCC4)CC2)c1. The van der Waals surface area contributed by atoms with E-state index in [0.717, 1.165) is 61.6 Å². The molecule has 0 aliphatic heterocycles. The minimum Gasteiger partial charge on any atom is -0.497 e. The van der Waals surface area contributed by atoms with E-state index in [1.54, 1.807) is 14.2 Å². The summed E-state index contributed by atoms with van der Waals surface area (Å²) in [6.45, 7) is 0.706. The number of anilines is 2. The van der Waals surface area contributed by atoms with Crippen LogP contribution in [0.25, 0.3) is 0 Å². The van der Waals surface area contributed by atoms with Gasteiger partial charge in [0.05, 0.1) is 26.3 Å². The first-order valence-corrected chi connectivity index (χ1v) is 12.8. The van der Waals surface area contributed by atoms with E-state index in [1.807, 2.05) is 18.2 Å². The number of nitrogens with one attached hydrogen (secondary N) is 2. The lowest BCUT2D eigenvalue weighted by molar-refractivity contribution is -0.120. The molecule has 2 aliphatic rings. The molecule has 0 atom stereocenters. The summed E-state index contributed by atoms with van der Waals surface area (Å²) >= 11 is 0. The standard InChI is InChI=1S/C27H39N5O3/c1-32(2)26-22-7-5-6-8-23(22)30-27(31-26)29-20-11-9-18(10-12-20)17-28-25(33)16-19-15-21(34-3)13-14-24(19)35-4/h13-15,18,20H,5-12,16-17H2,1-4H3,(H,28,33)(H,29,30,31). The maximum Gasteiger partial charge on any atom is 0.225 e. The smallest absolute Gasteiger partial charge is 0.225 e. The molecule has 4 rings (SSSR count). The van der Waals surface area contributed by atoms with E-state index in [9.17, 15) is 4.79 Å². The van der Waals surface area contributed by atoms with Gasteiger partial charge in [-0.1, -0.05) is 0 Å². The van der Waals surface area contributed by atoms with Crippen molar-refractivity contribution in [1.82, 2.24) is 15.3 Å².